The third-order valence-corrected chi connectivity index (χ3v) is 5.75. The van der Waals surface area contributed by atoms with E-state index in [1.54, 1.807) is 18.2 Å². The van der Waals surface area contributed by atoms with Gasteiger partial charge in [0, 0.05) is 12.0 Å². The fraction of sp³-hybridized carbons (Fsp3) is 0.286. The second-order valence-electron chi connectivity index (χ2n) is 6.99. The lowest BCUT2D eigenvalue weighted by molar-refractivity contribution is -0.129. The minimum atomic E-state index is -1.23. The van der Waals surface area contributed by atoms with E-state index in [-0.39, 0.29) is 11.6 Å². The third-order valence-electron chi connectivity index (χ3n) is 5.75. The van der Waals surface area contributed by atoms with E-state index in [4.69, 9.17) is 0 Å². The van der Waals surface area contributed by atoms with Gasteiger partial charge in [-0.05, 0) is 42.5 Å². The normalized spacial score (nSPS) is 29.2. The van der Waals surface area contributed by atoms with Crippen LogP contribution in [0.15, 0.2) is 54.6 Å². The largest absolute Gasteiger partial charge is 0.384 e. The minimum Gasteiger partial charge on any atom is -0.384 e. The topological polar surface area (TPSA) is 37.3 Å². The van der Waals surface area contributed by atoms with Crippen molar-refractivity contribution in [3.05, 3.63) is 71.5 Å². The molecule has 1 saturated carbocycles. The van der Waals surface area contributed by atoms with Gasteiger partial charge < -0.3 is 5.11 Å². The van der Waals surface area contributed by atoms with Gasteiger partial charge in [0.2, 0.25) is 0 Å². The van der Waals surface area contributed by atoms with Gasteiger partial charge in [-0.1, -0.05) is 48.5 Å². The Balaban J connectivity index is 2.01. The molecule has 2 aliphatic carbocycles. The van der Waals surface area contributed by atoms with Gasteiger partial charge in [0.05, 0.1) is 5.41 Å². The predicted octanol–water partition coefficient (Wildman–Crippen LogP) is 4.24. The van der Waals surface area contributed by atoms with Gasteiger partial charge in [-0.3, -0.25) is 4.79 Å². The molecule has 1 N–H and O–H groups in total. The quantitative estimate of drug-likeness (QED) is 0.898. The Bertz CT molecular complexity index is 855. The van der Waals surface area contributed by atoms with E-state index in [0.29, 0.717) is 30.4 Å². The first-order valence-corrected chi connectivity index (χ1v) is 8.27. The van der Waals surface area contributed by atoms with Crippen LogP contribution in [0.25, 0.3) is 11.1 Å². The van der Waals surface area contributed by atoms with Crippen LogP contribution in [0, 0.1) is 11.2 Å². The smallest absolute Gasteiger partial charge is 0.142 e. The Labute approximate surface area is 140 Å². The molecule has 0 aromatic heterocycles. The summed E-state index contributed by atoms with van der Waals surface area (Å²) in [6.07, 6.45) is 1.13. The summed E-state index contributed by atoms with van der Waals surface area (Å²) in [4.78, 5) is 12.5. The first-order valence-electron chi connectivity index (χ1n) is 8.27. The van der Waals surface area contributed by atoms with Crippen LogP contribution in [0.1, 0.15) is 37.3 Å². The van der Waals surface area contributed by atoms with Gasteiger partial charge in [-0.25, -0.2) is 4.39 Å². The average Bonchev–Trinajstić information content (AvgIpc) is 2.95. The van der Waals surface area contributed by atoms with Crippen molar-refractivity contribution in [3.8, 4) is 0 Å². The molecule has 0 saturated heterocycles. The highest BCUT2D eigenvalue weighted by atomic mass is 19.1. The summed E-state index contributed by atoms with van der Waals surface area (Å²) < 4.78 is 14.5. The number of aliphatic hydroxyl groups is 1. The molecule has 122 valence electrons. The standard InChI is InChI=1S/C21H19FO2/c1-20-13-16(15-9-5-6-10-17(15)22)19(14-7-3-2-4-8-14)21(20,24)12-11-18(20)23/h2-10,24H,11-13H2,1H3/t20-,21+/m1/s1. The summed E-state index contributed by atoms with van der Waals surface area (Å²) in [5, 5.41) is 11.5. The number of Topliss-reactive ketones (excluding diaryl/α,β-unsaturated/α-hetero) is 1. The van der Waals surface area contributed by atoms with Gasteiger partial charge in [0.25, 0.3) is 0 Å². The summed E-state index contributed by atoms with van der Waals surface area (Å²) in [5.41, 5.74) is 0.683. The van der Waals surface area contributed by atoms with Crippen LogP contribution < -0.4 is 0 Å². The number of rotatable bonds is 2. The number of halogens is 1. The van der Waals surface area contributed by atoms with Crippen molar-refractivity contribution in [3.63, 3.8) is 0 Å². The molecular formula is C21H19FO2. The Morgan fingerprint density at radius 1 is 1.04 bits per heavy atom. The van der Waals surface area contributed by atoms with E-state index in [1.165, 1.54) is 6.07 Å². The molecule has 2 aromatic rings. The van der Waals surface area contributed by atoms with Crippen LogP contribution in [0.3, 0.4) is 0 Å². The summed E-state index contributed by atoms with van der Waals surface area (Å²) in [7, 11) is 0. The van der Waals surface area contributed by atoms with Crippen LogP contribution in [0.2, 0.25) is 0 Å². The highest BCUT2D eigenvalue weighted by molar-refractivity contribution is 6.06. The monoisotopic (exact) mass is 322 g/mol. The fourth-order valence-electron chi connectivity index (χ4n) is 4.37. The number of benzene rings is 2. The SMILES string of the molecule is C[C@]12CC(c3ccccc3F)=C(c3ccccc3)[C@@]1(O)CCC2=O. The lowest BCUT2D eigenvalue weighted by Crippen LogP contribution is -2.42. The number of hydrogen-bond donors (Lipinski definition) is 1. The zero-order valence-corrected chi connectivity index (χ0v) is 13.6. The molecule has 4 rings (SSSR count). The van der Waals surface area contributed by atoms with Gasteiger partial charge >= 0.3 is 0 Å². The van der Waals surface area contributed by atoms with Crippen LogP contribution in [0.5, 0.6) is 0 Å². The molecule has 0 radical (unpaired) electrons. The molecule has 3 heteroatoms. The second-order valence-corrected chi connectivity index (χ2v) is 6.99. The Hall–Kier alpha value is -2.26. The van der Waals surface area contributed by atoms with E-state index in [2.05, 4.69) is 0 Å². The van der Waals surface area contributed by atoms with Crippen molar-refractivity contribution < 1.29 is 14.3 Å². The van der Waals surface area contributed by atoms with Gasteiger partial charge in [-0.2, -0.15) is 0 Å². The van der Waals surface area contributed by atoms with Crippen molar-refractivity contribution in [2.45, 2.75) is 31.8 Å². The fourth-order valence-corrected chi connectivity index (χ4v) is 4.37. The zero-order valence-electron chi connectivity index (χ0n) is 13.6. The highest BCUT2D eigenvalue weighted by Gasteiger charge is 2.63. The average molecular weight is 322 g/mol. The Morgan fingerprint density at radius 2 is 1.71 bits per heavy atom. The molecule has 1 fully saturated rings. The predicted molar refractivity (Wildman–Crippen MR) is 91.6 cm³/mol. The number of fused-ring (bicyclic) bond motifs is 1. The maximum Gasteiger partial charge on any atom is 0.142 e. The van der Waals surface area contributed by atoms with Gasteiger partial charge in [0.15, 0.2) is 0 Å². The maximum absolute atomic E-state index is 14.5. The molecule has 0 aliphatic heterocycles. The van der Waals surface area contributed by atoms with Crippen LogP contribution >= 0.6 is 0 Å². The second kappa shape index (κ2) is 5.12. The Kier molecular flexibility index (Phi) is 3.26. The van der Waals surface area contributed by atoms with Gasteiger partial charge in [0.1, 0.15) is 17.2 Å². The van der Waals surface area contributed by atoms with E-state index in [0.717, 1.165) is 11.1 Å². The van der Waals surface area contributed by atoms with Crippen molar-refractivity contribution in [2.24, 2.45) is 5.41 Å². The van der Waals surface area contributed by atoms with Crippen LogP contribution in [-0.4, -0.2) is 16.5 Å². The lowest BCUT2D eigenvalue weighted by Gasteiger charge is -2.34. The van der Waals surface area contributed by atoms with E-state index < -0.39 is 11.0 Å². The maximum atomic E-state index is 14.5. The summed E-state index contributed by atoms with van der Waals surface area (Å²) in [5.74, 6) is -0.259. The number of hydrogen-bond acceptors (Lipinski definition) is 2. The Morgan fingerprint density at radius 3 is 2.42 bits per heavy atom. The molecule has 0 heterocycles. The molecule has 0 unspecified atom stereocenters. The molecule has 2 aliphatic rings. The van der Waals surface area contributed by atoms with Crippen molar-refractivity contribution in [1.82, 2.24) is 0 Å². The summed E-state index contributed by atoms with van der Waals surface area (Å²) >= 11 is 0. The van der Waals surface area contributed by atoms with Crippen molar-refractivity contribution >= 4 is 16.9 Å². The van der Waals surface area contributed by atoms with E-state index in [9.17, 15) is 14.3 Å². The highest BCUT2D eigenvalue weighted by Crippen LogP contribution is 2.62. The summed E-state index contributed by atoms with van der Waals surface area (Å²) in [6.45, 7) is 1.82. The molecule has 2 nitrogen and oxygen atoms in total. The lowest BCUT2D eigenvalue weighted by atomic mass is 9.74. The zero-order chi connectivity index (χ0) is 16.9. The first kappa shape index (κ1) is 15.3. The number of ketones is 1. The van der Waals surface area contributed by atoms with E-state index >= 15 is 0 Å². The molecule has 0 spiro atoms. The molecule has 0 amide bonds. The molecular weight excluding hydrogens is 303 g/mol. The van der Waals surface area contributed by atoms with Crippen molar-refractivity contribution in [1.29, 1.82) is 0 Å². The molecule has 24 heavy (non-hydrogen) atoms. The van der Waals surface area contributed by atoms with E-state index in [1.807, 2.05) is 37.3 Å². The summed E-state index contributed by atoms with van der Waals surface area (Å²) in [6, 6.07) is 16.1. The van der Waals surface area contributed by atoms with Gasteiger partial charge in [-0.15, -0.1) is 0 Å². The first-order chi connectivity index (χ1) is 11.5. The molecule has 0 bridgehead atoms. The van der Waals surface area contributed by atoms with Crippen molar-refractivity contribution in [2.75, 3.05) is 0 Å². The third kappa shape index (κ3) is 1.88. The molecule has 2 aromatic carbocycles. The van der Waals surface area contributed by atoms with Crippen LogP contribution in [0.4, 0.5) is 4.39 Å². The number of carbonyl (C=O) groups excluding carboxylic acids is 1. The van der Waals surface area contributed by atoms with Crippen LogP contribution in [-0.2, 0) is 4.79 Å². The molecule has 2 atom stereocenters. The number of allylic oxidation sites excluding steroid dienone is 1. The minimum absolute atomic E-state index is 0.0600. The number of carbonyl (C=O) groups is 1.